The van der Waals surface area contributed by atoms with Crippen molar-refractivity contribution in [1.82, 2.24) is 19.9 Å². The van der Waals surface area contributed by atoms with Crippen molar-refractivity contribution >= 4 is 32.7 Å². The van der Waals surface area contributed by atoms with Crippen molar-refractivity contribution in [2.24, 2.45) is 0 Å². The second-order valence-corrected chi connectivity index (χ2v) is 10.9. The van der Waals surface area contributed by atoms with Crippen molar-refractivity contribution in [3.05, 3.63) is 65.9 Å². The summed E-state index contributed by atoms with van der Waals surface area (Å²) in [7, 11) is -3.61. The molecule has 1 atom stereocenters. The Labute approximate surface area is 206 Å². The van der Waals surface area contributed by atoms with Crippen molar-refractivity contribution in [3.8, 4) is 0 Å². The Balaban J connectivity index is 1.25. The van der Waals surface area contributed by atoms with Crippen LogP contribution in [0.5, 0.6) is 0 Å². The number of aryl methyl sites for hydroxylation is 1. The highest BCUT2D eigenvalue weighted by Gasteiger charge is 2.33. The predicted molar refractivity (Wildman–Crippen MR) is 135 cm³/mol. The summed E-state index contributed by atoms with van der Waals surface area (Å²) in [5.74, 6) is -1.38. The highest BCUT2D eigenvalue weighted by Crippen LogP contribution is 2.27. The lowest BCUT2D eigenvalue weighted by Gasteiger charge is -2.34. The molecule has 35 heavy (non-hydrogen) atoms. The number of carbonyl (C=O) groups excluding carboxylic acids is 2. The molecule has 2 heterocycles. The number of benzene rings is 2. The minimum Gasteiger partial charge on any atom is -0.361 e. The summed E-state index contributed by atoms with van der Waals surface area (Å²) < 4.78 is 27.9. The molecule has 3 aromatic rings. The third-order valence-corrected chi connectivity index (χ3v) is 8.49. The topological polar surface area (TPSA) is 111 Å². The molecule has 1 aliphatic rings. The van der Waals surface area contributed by atoms with Crippen LogP contribution in [0.25, 0.3) is 10.9 Å². The molecule has 0 spiro atoms. The number of rotatable bonds is 8. The molecule has 1 fully saturated rings. The SMILES string of the molecule is Cc1ccc(S(=O)(=O)N2CCCC[C@H]2CCNC(=O)C(=O)NCCc2c[nH]c3ccccc23)cc1. The molecule has 0 aliphatic carbocycles. The molecule has 186 valence electrons. The maximum Gasteiger partial charge on any atom is 0.309 e. The van der Waals surface area contributed by atoms with Gasteiger partial charge in [0.15, 0.2) is 0 Å². The van der Waals surface area contributed by atoms with Gasteiger partial charge in [0.2, 0.25) is 10.0 Å². The molecule has 2 amide bonds. The summed E-state index contributed by atoms with van der Waals surface area (Å²) in [6.45, 7) is 2.96. The van der Waals surface area contributed by atoms with Crippen molar-refractivity contribution in [1.29, 1.82) is 0 Å². The van der Waals surface area contributed by atoms with Crippen molar-refractivity contribution < 1.29 is 18.0 Å². The van der Waals surface area contributed by atoms with Gasteiger partial charge in [0.05, 0.1) is 4.90 Å². The second-order valence-electron chi connectivity index (χ2n) is 8.99. The fraction of sp³-hybridized carbons (Fsp3) is 0.385. The summed E-state index contributed by atoms with van der Waals surface area (Å²) in [4.78, 5) is 28.0. The van der Waals surface area contributed by atoms with E-state index in [0.29, 0.717) is 25.9 Å². The van der Waals surface area contributed by atoms with Crippen LogP contribution < -0.4 is 10.6 Å². The van der Waals surface area contributed by atoms with E-state index in [0.717, 1.165) is 41.3 Å². The molecule has 0 saturated carbocycles. The molecule has 8 nitrogen and oxygen atoms in total. The standard InChI is InChI=1S/C26H32N4O4S/c1-19-9-11-22(12-10-19)35(33,34)30-17-5-4-6-21(30)14-16-28-26(32)25(31)27-15-13-20-18-29-24-8-3-2-7-23(20)24/h2-3,7-12,18,21,29H,4-6,13-17H2,1H3,(H,27,31)(H,28,32)/t21-/m0/s1. The number of hydrogen-bond acceptors (Lipinski definition) is 4. The lowest BCUT2D eigenvalue weighted by atomic mass is 10.0. The summed E-state index contributed by atoms with van der Waals surface area (Å²) in [5, 5.41) is 6.41. The van der Waals surface area contributed by atoms with Gasteiger partial charge in [-0.15, -0.1) is 0 Å². The number of nitrogens with one attached hydrogen (secondary N) is 3. The number of piperidine rings is 1. The molecule has 1 aliphatic heterocycles. The lowest BCUT2D eigenvalue weighted by Crippen LogP contribution is -2.46. The van der Waals surface area contributed by atoms with Crippen LogP contribution >= 0.6 is 0 Å². The molecular formula is C26H32N4O4S. The number of para-hydroxylation sites is 1. The van der Waals surface area contributed by atoms with Gasteiger partial charge in [0.25, 0.3) is 0 Å². The first kappa shape index (κ1) is 24.9. The van der Waals surface area contributed by atoms with E-state index in [4.69, 9.17) is 0 Å². The monoisotopic (exact) mass is 496 g/mol. The number of amides is 2. The third kappa shape index (κ3) is 5.91. The third-order valence-electron chi connectivity index (χ3n) is 6.52. The Morgan fingerprint density at radius 3 is 2.49 bits per heavy atom. The number of nitrogens with zero attached hydrogens (tertiary/aromatic N) is 1. The zero-order chi connectivity index (χ0) is 24.8. The van der Waals surface area contributed by atoms with Crippen molar-refractivity contribution in [2.45, 2.75) is 50.0 Å². The van der Waals surface area contributed by atoms with Gasteiger partial charge in [-0.1, -0.05) is 42.3 Å². The van der Waals surface area contributed by atoms with Crippen molar-refractivity contribution in [2.75, 3.05) is 19.6 Å². The molecule has 0 unspecified atom stereocenters. The molecular weight excluding hydrogens is 464 g/mol. The zero-order valence-electron chi connectivity index (χ0n) is 19.9. The fourth-order valence-corrected chi connectivity index (χ4v) is 6.31. The molecule has 3 N–H and O–H groups in total. The minimum absolute atomic E-state index is 0.208. The van der Waals surface area contributed by atoms with Gasteiger partial charge in [-0.05, 0) is 56.4 Å². The zero-order valence-corrected chi connectivity index (χ0v) is 20.7. The average molecular weight is 497 g/mol. The van der Waals surface area contributed by atoms with Gasteiger partial charge in [-0.2, -0.15) is 4.31 Å². The number of hydrogen-bond donors (Lipinski definition) is 3. The number of aromatic nitrogens is 1. The highest BCUT2D eigenvalue weighted by molar-refractivity contribution is 7.89. The summed E-state index contributed by atoms with van der Waals surface area (Å²) in [5.41, 5.74) is 3.11. The van der Waals surface area contributed by atoms with Crippen LogP contribution in [0, 0.1) is 6.92 Å². The smallest absolute Gasteiger partial charge is 0.309 e. The van der Waals surface area contributed by atoms with Gasteiger partial charge >= 0.3 is 11.8 Å². The Morgan fingerprint density at radius 2 is 1.71 bits per heavy atom. The van der Waals surface area contributed by atoms with E-state index in [1.165, 1.54) is 0 Å². The quantitative estimate of drug-likeness (QED) is 0.417. The van der Waals surface area contributed by atoms with Gasteiger partial charge < -0.3 is 15.6 Å². The van der Waals surface area contributed by atoms with E-state index in [2.05, 4.69) is 15.6 Å². The number of aromatic amines is 1. The molecule has 1 saturated heterocycles. The van der Waals surface area contributed by atoms with Crippen LogP contribution in [-0.2, 0) is 26.0 Å². The number of carbonyl (C=O) groups is 2. The summed E-state index contributed by atoms with van der Waals surface area (Å²) >= 11 is 0. The average Bonchev–Trinajstić information content (AvgIpc) is 3.27. The Hall–Kier alpha value is -3.17. The minimum atomic E-state index is -3.61. The summed E-state index contributed by atoms with van der Waals surface area (Å²) in [6.07, 6.45) is 5.46. The van der Waals surface area contributed by atoms with Gasteiger partial charge in [-0.3, -0.25) is 9.59 Å². The first-order valence-electron chi connectivity index (χ1n) is 12.1. The van der Waals surface area contributed by atoms with E-state index in [1.807, 2.05) is 37.4 Å². The van der Waals surface area contributed by atoms with Crippen LogP contribution in [0.1, 0.15) is 36.8 Å². The first-order chi connectivity index (χ1) is 16.9. The number of sulfonamides is 1. The van der Waals surface area contributed by atoms with Crippen LogP contribution in [0.4, 0.5) is 0 Å². The maximum absolute atomic E-state index is 13.2. The van der Waals surface area contributed by atoms with Crippen molar-refractivity contribution in [3.63, 3.8) is 0 Å². The Kier molecular flexibility index (Phi) is 7.87. The van der Waals surface area contributed by atoms with Crippen LogP contribution in [0.15, 0.2) is 59.6 Å². The second kappa shape index (κ2) is 11.0. The van der Waals surface area contributed by atoms with E-state index in [9.17, 15) is 18.0 Å². The normalized spacial score (nSPS) is 16.8. The Morgan fingerprint density at radius 1 is 1.00 bits per heavy atom. The predicted octanol–water partition coefficient (Wildman–Crippen LogP) is 2.88. The fourth-order valence-electron chi connectivity index (χ4n) is 4.59. The number of fused-ring (bicyclic) bond motifs is 1. The van der Waals surface area contributed by atoms with E-state index >= 15 is 0 Å². The maximum atomic E-state index is 13.2. The number of H-pyrrole nitrogens is 1. The highest BCUT2D eigenvalue weighted by atomic mass is 32.2. The largest absolute Gasteiger partial charge is 0.361 e. The van der Waals surface area contributed by atoms with Crippen LogP contribution in [0.3, 0.4) is 0 Å². The Bertz CT molecular complexity index is 1280. The summed E-state index contributed by atoms with van der Waals surface area (Å²) in [6, 6.07) is 14.6. The molecule has 9 heteroatoms. The van der Waals surface area contributed by atoms with E-state index in [1.54, 1.807) is 28.6 Å². The molecule has 0 radical (unpaired) electrons. The lowest BCUT2D eigenvalue weighted by molar-refractivity contribution is -0.139. The van der Waals surface area contributed by atoms with Crippen LogP contribution in [0.2, 0.25) is 0 Å². The van der Waals surface area contributed by atoms with E-state index < -0.39 is 21.8 Å². The molecule has 4 rings (SSSR count). The first-order valence-corrected chi connectivity index (χ1v) is 13.5. The van der Waals surface area contributed by atoms with Gasteiger partial charge in [-0.25, -0.2) is 8.42 Å². The van der Waals surface area contributed by atoms with E-state index in [-0.39, 0.29) is 17.5 Å². The molecule has 1 aromatic heterocycles. The van der Waals surface area contributed by atoms with Gasteiger partial charge in [0, 0.05) is 42.8 Å². The molecule has 2 aromatic carbocycles. The van der Waals surface area contributed by atoms with Gasteiger partial charge in [0.1, 0.15) is 0 Å². The molecule has 0 bridgehead atoms. The van der Waals surface area contributed by atoms with Crippen LogP contribution in [-0.4, -0.2) is 55.2 Å².